The first-order valence-corrected chi connectivity index (χ1v) is 6.52. The molecule has 0 spiro atoms. The van der Waals surface area contributed by atoms with Crippen molar-refractivity contribution in [3.05, 3.63) is 30.3 Å². The van der Waals surface area contributed by atoms with Crippen LogP contribution in [0.25, 0.3) is 0 Å². The maximum Gasteiger partial charge on any atom is 0.119 e. The van der Waals surface area contributed by atoms with Gasteiger partial charge in [-0.2, -0.15) is 0 Å². The number of nitrogens with two attached hydrogens (primary N) is 1. The summed E-state index contributed by atoms with van der Waals surface area (Å²) in [6.45, 7) is 4.20. The summed E-state index contributed by atoms with van der Waals surface area (Å²) in [6.07, 6.45) is 3.73. The van der Waals surface area contributed by atoms with Crippen molar-refractivity contribution in [1.29, 1.82) is 0 Å². The number of nitrogens with zero attached hydrogens (tertiary/aromatic N) is 1. The van der Waals surface area contributed by atoms with E-state index in [1.54, 1.807) is 0 Å². The van der Waals surface area contributed by atoms with Crippen LogP contribution in [0.1, 0.15) is 19.3 Å². The van der Waals surface area contributed by atoms with Crippen molar-refractivity contribution < 1.29 is 4.74 Å². The highest BCUT2D eigenvalue weighted by atomic mass is 35.5. The quantitative estimate of drug-likeness (QED) is 0.892. The van der Waals surface area contributed by atoms with Crippen LogP contribution in [0, 0.1) is 0 Å². The number of likely N-dealkylation sites (tertiary alicyclic amines) is 1. The van der Waals surface area contributed by atoms with Gasteiger partial charge in [-0.05, 0) is 44.5 Å². The van der Waals surface area contributed by atoms with E-state index in [9.17, 15) is 0 Å². The summed E-state index contributed by atoms with van der Waals surface area (Å²) >= 11 is 0. The number of ether oxygens (including phenoxy) is 1. The second kappa shape index (κ2) is 8.35. The molecule has 1 aromatic rings. The number of halogens is 1. The standard InChI is InChI=1S/C14H22N2O.ClH/c15-9-4-10-16-11-7-14(8-12-16)17-13-5-2-1-3-6-13;/h1-3,5-6,14H,4,7-12,15H2;1H. The molecule has 0 unspecified atom stereocenters. The molecule has 1 saturated heterocycles. The molecular weight excluding hydrogens is 248 g/mol. The smallest absolute Gasteiger partial charge is 0.119 e. The van der Waals surface area contributed by atoms with Gasteiger partial charge in [0.2, 0.25) is 0 Å². The van der Waals surface area contributed by atoms with Crippen molar-refractivity contribution in [3.63, 3.8) is 0 Å². The second-order valence-electron chi connectivity index (χ2n) is 4.61. The maximum absolute atomic E-state index is 5.96. The molecule has 2 N–H and O–H groups in total. The molecule has 1 aliphatic rings. The van der Waals surface area contributed by atoms with Crippen molar-refractivity contribution in [3.8, 4) is 5.75 Å². The molecule has 102 valence electrons. The minimum Gasteiger partial charge on any atom is -0.490 e. The zero-order chi connectivity index (χ0) is 11.9. The molecular formula is C14H23ClN2O. The summed E-state index contributed by atoms with van der Waals surface area (Å²) < 4.78 is 5.96. The van der Waals surface area contributed by atoms with E-state index in [0.29, 0.717) is 6.10 Å². The van der Waals surface area contributed by atoms with Gasteiger partial charge in [0.25, 0.3) is 0 Å². The first kappa shape index (κ1) is 15.3. The van der Waals surface area contributed by atoms with Gasteiger partial charge >= 0.3 is 0 Å². The topological polar surface area (TPSA) is 38.5 Å². The van der Waals surface area contributed by atoms with Crippen LogP contribution in [-0.4, -0.2) is 37.2 Å². The Labute approximate surface area is 116 Å². The molecule has 2 rings (SSSR count). The van der Waals surface area contributed by atoms with Gasteiger partial charge in [-0.3, -0.25) is 0 Å². The molecule has 0 saturated carbocycles. The predicted molar refractivity (Wildman–Crippen MR) is 77.5 cm³/mol. The number of rotatable bonds is 5. The Morgan fingerprint density at radius 3 is 2.44 bits per heavy atom. The van der Waals surface area contributed by atoms with E-state index >= 15 is 0 Å². The molecule has 1 aromatic carbocycles. The third-order valence-electron chi connectivity index (χ3n) is 3.26. The van der Waals surface area contributed by atoms with Crippen LogP contribution >= 0.6 is 12.4 Å². The van der Waals surface area contributed by atoms with Crippen LogP contribution < -0.4 is 10.5 Å². The Morgan fingerprint density at radius 1 is 1.17 bits per heavy atom. The Bertz CT molecular complexity index is 313. The van der Waals surface area contributed by atoms with Crippen LogP contribution in [-0.2, 0) is 0 Å². The van der Waals surface area contributed by atoms with Crippen LogP contribution in [0.4, 0.5) is 0 Å². The van der Waals surface area contributed by atoms with Crippen LogP contribution in [0.15, 0.2) is 30.3 Å². The lowest BCUT2D eigenvalue weighted by atomic mass is 10.1. The molecule has 1 fully saturated rings. The first-order valence-electron chi connectivity index (χ1n) is 6.52. The highest BCUT2D eigenvalue weighted by Gasteiger charge is 2.19. The zero-order valence-corrected chi connectivity index (χ0v) is 11.6. The third-order valence-corrected chi connectivity index (χ3v) is 3.26. The molecule has 1 aliphatic heterocycles. The number of hydrogen-bond donors (Lipinski definition) is 1. The van der Waals surface area contributed by atoms with Gasteiger partial charge in [0.15, 0.2) is 0 Å². The summed E-state index contributed by atoms with van der Waals surface area (Å²) in [5.74, 6) is 0.993. The second-order valence-corrected chi connectivity index (χ2v) is 4.61. The Hall–Kier alpha value is -0.770. The number of hydrogen-bond acceptors (Lipinski definition) is 3. The summed E-state index contributed by atoms with van der Waals surface area (Å²) in [7, 11) is 0. The van der Waals surface area contributed by atoms with E-state index in [0.717, 1.165) is 51.2 Å². The van der Waals surface area contributed by atoms with E-state index in [-0.39, 0.29) is 12.4 Å². The molecule has 4 heteroatoms. The average molecular weight is 271 g/mol. The normalized spacial score (nSPS) is 17.2. The summed E-state index contributed by atoms with van der Waals surface area (Å²) in [4.78, 5) is 2.48. The Balaban J connectivity index is 0.00000162. The Kier molecular flexibility index (Phi) is 7.09. The van der Waals surface area contributed by atoms with Gasteiger partial charge < -0.3 is 15.4 Å². The summed E-state index contributed by atoms with van der Waals surface area (Å²) in [6, 6.07) is 10.1. The van der Waals surface area contributed by atoms with Crippen molar-refractivity contribution in [2.24, 2.45) is 5.73 Å². The molecule has 0 aromatic heterocycles. The van der Waals surface area contributed by atoms with Gasteiger partial charge in [-0.25, -0.2) is 0 Å². The van der Waals surface area contributed by atoms with Gasteiger partial charge in [0.1, 0.15) is 11.9 Å². The monoisotopic (exact) mass is 270 g/mol. The van der Waals surface area contributed by atoms with Crippen LogP contribution in [0.2, 0.25) is 0 Å². The SMILES string of the molecule is Cl.NCCCN1CCC(Oc2ccccc2)CC1. The van der Waals surface area contributed by atoms with E-state index in [1.807, 2.05) is 30.3 Å². The van der Waals surface area contributed by atoms with Crippen molar-refractivity contribution in [1.82, 2.24) is 4.90 Å². The van der Waals surface area contributed by atoms with Gasteiger partial charge in [0, 0.05) is 13.1 Å². The third kappa shape index (κ3) is 4.84. The first-order chi connectivity index (χ1) is 8.38. The van der Waals surface area contributed by atoms with Crippen molar-refractivity contribution in [2.45, 2.75) is 25.4 Å². The summed E-state index contributed by atoms with van der Waals surface area (Å²) in [5.41, 5.74) is 5.52. The fourth-order valence-electron chi connectivity index (χ4n) is 2.26. The van der Waals surface area contributed by atoms with Crippen LogP contribution in [0.3, 0.4) is 0 Å². The van der Waals surface area contributed by atoms with Crippen molar-refractivity contribution in [2.75, 3.05) is 26.2 Å². The minimum absolute atomic E-state index is 0. The fraction of sp³-hybridized carbons (Fsp3) is 0.571. The highest BCUT2D eigenvalue weighted by molar-refractivity contribution is 5.85. The fourth-order valence-corrected chi connectivity index (χ4v) is 2.26. The van der Waals surface area contributed by atoms with Gasteiger partial charge in [-0.15, -0.1) is 12.4 Å². The van der Waals surface area contributed by atoms with E-state index in [2.05, 4.69) is 4.90 Å². The summed E-state index contributed by atoms with van der Waals surface area (Å²) in [5, 5.41) is 0. The number of para-hydroxylation sites is 1. The van der Waals surface area contributed by atoms with Crippen molar-refractivity contribution >= 4 is 12.4 Å². The van der Waals surface area contributed by atoms with Gasteiger partial charge in [0.05, 0.1) is 0 Å². The predicted octanol–water partition coefficient (Wildman–Crippen LogP) is 2.30. The van der Waals surface area contributed by atoms with Gasteiger partial charge in [-0.1, -0.05) is 18.2 Å². The lowest BCUT2D eigenvalue weighted by Gasteiger charge is -2.32. The molecule has 0 aliphatic carbocycles. The zero-order valence-electron chi connectivity index (χ0n) is 10.8. The maximum atomic E-state index is 5.96. The lowest BCUT2D eigenvalue weighted by Crippen LogP contribution is -2.39. The molecule has 18 heavy (non-hydrogen) atoms. The number of piperidine rings is 1. The molecule has 1 heterocycles. The molecule has 0 atom stereocenters. The number of benzene rings is 1. The largest absolute Gasteiger partial charge is 0.490 e. The molecule has 3 nitrogen and oxygen atoms in total. The molecule has 0 bridgehead atoms. The van der Waals surface area contributed by atoms with Crippen LogP contribution in [0.5, 0.6) is 5.75 Å². The van der Waals surface area contributed by atoms with E-state index < -0.39 is 0 Å². The highest BCUT2D eigenvalue weighted by Crippen LogP contribution is 2.18. The van der Waals surface area contributed by atoms with E-state index in [1.165, 1.54) is 0 Å². The molecule has 0 radical (unpaired) electrons. The minimum atomic E-state index is 0. The Morgan fingerprint density at radius 2 is 1.83 bits per heavy atom. The van der Waals surface area contributed by atoms with E-state index in [4.69, 9.17) is 10.5 Å². The lowest BCUT2D eigenvalue weighted by molar-refractivity contribution is 0.100. The average Bonchev–Trinajstić information content (AvgIpc) is 2.39. The molecule has 0 amide bonds.